The van der Waals surface area contributed by atoms with Crippen LogP contribution >= 0.6 is 11.8 Å². The predicted octanol–water partition coefficient (Wildman–Crippen LogP) is 6.30. The molecule has 5 aliphatic rings. The third-order valence-corrected chi connectivity index (χ3v) is 12.6. The largest absolute Gasteiger partial charge is 0.390 e. The highest BCUT2D eigenvalue weighted by atomic mass is 32.2. The molecule has 1 aliphatic heterocycles. The number of fused-ring (bicyclic) bond motifs is 7. The third kappa shape index (κ3) is 4.65. The van der Waals surface area contributed by atoms with Crippen LogP contribution in [0, 0.1) is 22.7 Å². The number of hydrogen-bond donors (Lipinski definition) is 3. The number of ether oxygens (including phenoxy) is 2. The van der Waals surface area contributed by atoms with Gasteiger partial charge in [-0.1, -0.05) is 36.9 Å². The number of halogens is 2. The molecule has 2 aromatic rings. The fraction of sp³-hybridized carbons (Fsp3) is 0.514. The van der Waals surface area contributed by atoms with Crippen LogP contribution in [0.4, 0.5) is 14.5 Å². The summed E-state index contributed by atoms with van der Waals surface area (Å²) in [5.41, 5.74) is -4.88. The summed E-state index contributed by atoms with van der Waals surface area (Å²) in [5, 5.41) is 25.3. The number of Topliss-reactive ketones (excluding diaryl/α,β-unsaturated/α-hetero) is 1. The Balaban J connectivity index is 1.16. The van der Waals surface area contributed by atoms with Crippen molar-refractivity contribution in [2.45, 2.75) is 98.7 Å². The maximum atomic E-state index is 17.6. The molecule has 0 spiro atoms. The molecule has 3 N–H and O–H groups in total. The van der Waals surface area contributed by atoms with E-state index in [1.165, 1.54) is 12.2 Å². The van der Waals surface area contributed by atoms with E-state index < -0.39 is 76.8 Å². The molecule has 1 heterocycles. The van der Waals surface area contributed by atoms with Crippen molar-refractivity contribution < 1.29 is 38.1 Å². The number of aliphatic hydroxyl groups excluding tert-OH is 2. The number of rotatable bonds is 7. The lowest BCUT2D eigenvalue weighted by Gasteiger charge is -2.63. The second kappa shape index (κ2) is 11.3. The molecule has 47 heavy (non-hydrogen) atoms. The SMILES string of the molecule is CC(C)Nc1ccc(Sc2ccc([C@@H]3O[C@@H]4C[C@H]5[C@@H]6C[C@H](F)C7=CC(=O)C=C[C@]7(C)[C@@]6(F)[C@@H](O)C[C@]5(C)[C@]4(C(=O)CO)O3)cc2)cc1. The normalized spacial score (nSPS) is 40.4. The van der Waals surface area contributed by atoms with Crippen molar-refractivity contribution in [2.75, 3.05) is 11.9 Å². The molecule has 7 nitrogen and oxygen atoms in total. The quantitative estimate of drug-likeness (QED) is 0.317. The first-order valence-corrected chi connectivity index (χ1v) is 17.2. The molecule has 1 saturated heterocycles. The van der Waals surface area contributed by atoms with Crippen molar-refractivity contribution in [1.29, 1.82) is 0 Å². The van der Waals surface area contributed by atoms with E-state index in [4.69, 9.17) is 9.47 Å². The zero-order chi connectivity index (χ0) is 33.5. The van der Waals surface area contributed by atoms with Gasteiger partial charge in [-0.3, -0.25) is 9.59 Å². The zero-order valence-electron chi connectivity index (χ0n) is 26.9. The number of benzene rings is 2. The summed E-state index contributed by atoms with van der Waals surface area (Å²) in [7, 11) is 0. The van der Waals surface area contributed by atoms with E-state index in [1.807, 2.05) is 36.4 Å². The summed E-state index contributed by atoms with van der Waals surface area (Å²) in [5.74, 6) is -2.59. The van der Waals surface area contributed by atoms with Crippen molar-refractivity contribution in [3.05, 3.63) is 77.9 Å². The minimum atomic E-state index is -2.29. The Bertz CT molecular complexity index is 1650. The van der Waals surface area contributed by atoms with Crippen LogP contribution < -0.4 is 5.32 Å². The Morgan fingerprint density at radius 1 is 1.06 bits per heavy atom. The van der Waals surface area contributed by atoms with Crippen LogP contribution in [0.15, 0.2) is 82.1 Å². The maximum Gasteiger partial charge on any atom is 0.193 e. The topological polar surface area (TPSA) is 105 Å². The van der Waals surface area contributed by atoms with Gasteiger partial charge in [-0.2, -0.15) is 0 Å². The highest BCUT2D eigenvalue weighted by molar-refractivity contribution is 7.99. The number of anilines is 1. The van der Waals surface area contributed by atoms with Gasteiger partial charge in [0.15, 0.2) is 29.1 Å². The number of aliphatic hydroxyl groups is 2. The van der Waals surface area contributed by atoms with E-state index in [-0.39, 0.29) is 24.8 Å². The number of carbonyl (C=O) groups excluding carboxylic acids is 2. The van der Waals surface area contributed by atoms with Crippen LogP contribution in [0.25, 0.3) is 0 Å². The number of alkyl halides is 2. The molecule has 0 radical (unpaired) electrons. The molecule has 0 bridgehead atoms. The number of hydrogen-bond acceptors (Lipinski definition) is 8. The van der Waals surface area contributed by atoms with Crippen LogP contribution in [0.5, 0.6) is 0 Å². The molecule has 0 unspecified atom stereocenters. The van der Waals surface area contributed by atoms with E-state index in [0.717, 1.165) is 21.6 Å². The van der Waals surface area contributed by atoms with E-state index in [2.05, 4.69) is 31.3 Å². The lowest BCUT2D eigenvalue weighted by Crippen LogP contribution is -2.70. The summed E-state index contributed by atoms with van der Waals surface area (Å²) in [6.07, 6.45) is -1.37. The van der Waals surface area contributed by atoms with E-state index in [1.54, 1.807) is 25.6 Å². The van der Waals surface area contributed by atoms with Gasteiger partial charge >= 0.3 is 0 Å². The van der Waals surface area contributed by atoms with Gasteiger partial charge in [-0.05, 0) is 100 Å². The van der Waals surface area contributed by atoms with E-state index in [9.17, 15) is 19.8 Å². The first-order valence-electron chi connectivity index (χ1n) is 16.3. The highest BCUT2D eigenvalue weighted by Gasteiger charge is 2.80. The Morgan fingerprint density at radius 3 is 2.36 bits per heavy atom. The van der Waals surface area contributed by atoms with Gasteiger partial charge in [-0.25, -0.2) is 8.78 Å². The molecule has 2 aromatic carbocycles. The van der Waals surface area contributed by atoms with Crippen LogP contribution in [-0.2, 0) is 19.1 Å². The molecule has 250 valence electrons. The summed E-state index contributed by atoms with van der Waals surface area (Å²) >= 11 is 1.61. The molecule has 3 saturated carbocycles. The maximum absolute atomic E-state index is 17.6. The monoisotopic (exact) mass is 665 g/mol. The molecule has 7 rings (SSSR count). The van der Waals surface area contributed by atoms with Crippen molar-refractivity contribution >= 4 is 29.0 Å². The van der Waals surface area contributed by atoms with Gasteiger partial charge in [0.1, 0.15) is 12.8 Å². The lowest BCUT2D eigenvalue weighted by molar-refractivity contribution is -0.235. The van der Waals surface area contributed by atoms with Crippen LogP contribution in [0.2, 0.25) is 0 Å². The van der Waals surface area contributed by atoms with Crippen LogP contribution in [0.1, 0.15) is 58.8 Å². The van der Waals surface area contributed by atoms with Gasteiger partial charge in [-0.15, -0.1) is 0 Å². The molecular formula is C37H41F2NO6S. The Hall–Kier alpha value is -2.89. The Kier molecular flexibility index (Phi) is 7.88. The molecule has 4 fully saturated rings. The van der Waals surface area contributed by atoms with Crippen molar-refractivity contribution in [1.82, 2.24) is 0 Å². The Morgan fingerprint density at radius 2 is 1.72 bits per heavy atom. The molecule has 10 atom stereocenters. The summed E-state index contributed by atoms with van der Waals surface area (Å²) < 4.78 is 46.4. The van der Waals surface area contributed by atoms with E-state index in [0.29, 0.717) is 11.6 Å². The summed E-state index contributed by atoms with van der Waals surface area (Å²) in [6.45, 7) is 6.68. The fourth-order valence-corrected chi connectivity index (χ4v) is 10.3. The molecule has 0 aromatic heterocycles. The summed E-state index contributed by atoms with van der Waals surface area (Å²) in [6, 6.07) is 16.2. The predicted molar refractivity (Wildman–Crippen MR) is 173 cm³/mol. The van der Waals surface area contributed by atoms with Gasteiger partial charge < -0.3 is 25.0 Å². The molecule has 0 amide bonds. The second-order valence-electron chi connectivity index (χ2n) is 14.5. The highest BCUT2D eigenvalue weighted by Crippen LogP contribution is 2.72. The van der Waals surface area contributed by atoms with Crippen molar-refractivity contribution in [3.8, 4) is 0 Å². The Labute approximate surface area is 277 Å². The van der Waals surface area contributed by atoms with Gasteiger partial charge in [0.25, 0.3) is 0 Å². The van der Waals surface area contributed by atoms with Crippen LogP contribution in [-0.4, -0.2) is 64.1 Å². The average Bonchev–Trinajstić information content (AvgIpc) is 3.53. The van der Waals surface area contributed by atoms with Crippen LogP contribution in [0.3, 0.4) is 0 Å². The van der Waals surface area contributed by atoms with E-state index >= 15 is 8.78 Å². The number of carbonyl (C=O) groups is 2. The average molecular weight is 666 g/mol. The zero-order valence-corrected chi connectivity index (χ0v) is 27.7. The molecule has 4 aliphatic carbocycles. The van der Waals surface area contributed by atoms with Crippen molar-refractivity contribution in [3.63, 3.8) is 0 Å². The smallest absolute Gasteiger partial charge is 0.193 e. The summed E-state index contributed by atoms with van der Waals surface area (Å²) in [4.78, 5) is 28.0. The third-order valence-electron chi connectivity index (χ3n) is 11.6. The minimum Gasteiger partial charge on any atom is -0.390 e. The first-order chi connectivity index (χ1) is 22.3. The standard InChI is InChI=1S/C37H41F2NO6S/c1-20(2)40-22-7-11-25(12-8-22)47-24-9-5-21(6-10-24)33-45-32-17-26-27-16-29(38)28-15-23(42)13-14-34(28,3)36(27,39)30(43)18-35(26,4)37(32,46-33)31(44)19-41/h5-15,20,26-27,29-30,32-33,40-41,43H,16-19H2,1-4H3/t26-,27-,29-,30-,32+,33+,34-,35-,36-,37+/m0/s1. The van der Waals surface area contributed by atoms with Gasteiger partial charge in [0.05, 0.1) is 12.2 Å². The number of ketones is 2. The lowest BCUT2D eigenvalue weighted by atomic mass is 9.44. The fourth-order valence-electron chi connectivity index (χ4n) is 9.50. The molecular weight excluding hydrogens is 624 g/mol. The second-order valence-corrected chi connectivity index (χ2v) is 15.6. The first kappa shape index (κ1) is 32.6. The van der Waals surface area contributed by atoms with Crippen molar-refractivity contribution in [2.24, 2.45) is 22.7 Å². The number of allylic oxidation sites excluding steroid dienone is 4. The minimum absolute atomic E-state index is 0.0417. The molecule has 10 heteroatoms. The van der Waals surface area contributed by atoms with Gasteiger partial charge in [0.2, 0.25) is 0 Å². The van der Waals surface area contributed by atoms with Gasteiger partial charge in [0, 0.05) is 43.8 Å². The number of nitrogens with one attached hydrogen (secondary N) is 1.